The van der Waals surface area contributed by atoms with Crippen LogP contribution in [0, 0.1) is 0 Å². The summed E-state index contributed by atoms with van der Waals surface area (Å²) in [6.07, 6.45) is 8.23. The van der Waals surface area contributed by atoms with Crippen molar-refractivity contribution in [2.75, 3.05) is 18.9 Å². The van der Waals surface area contributed by atoms with Gasteiger partial charge in [0.1, 0.15) is 0 Å². The first-order chi connectivity index (χ1) is 7.84. The Hall–Kier alpha value is -1.03. The minimum absolute atomic E-state index is 0.419. The molecule has 3 rings (SSSR count). The molecule has 0 radical (unpaired) electrons. The molecular weight excluding hydrogens is 202 g/mol. The van der Waals surface area contributed by atoms with Crippen LogP contribution in [0.15, 0.2) is 6.20 Å². The lowest BCUT2D eigenvalue weighted by molar-refractivity contribution is 0.193. The first kappa shape index (κ1) is 10.1. The van der Waals surface area contributed by atoms with Crippen molar-refractivity contribution >= 4 is 5.69 Å². The Labute approximate surface area is 95.8 Å². The third kappa shape index (κ3) is 1.71. The number of hydrogen-bond donors (Lipinski definition) is 1. The molecule has 1 aromatic rings. The molecule has 1 aromatic heterocycles. The summed E-state index contributed by atoms with van der Waals surface area (Å²) >= 11 is 0. The van der Waals surface area contributed by atoms with E-state index < -0.39 is 0 Å². The minimum Gasteiger partial charge on any atom is -0.396 e. The van der Waals surface area contributed by atoms with E-state index in [2.05, 4.69) is 9.78 Å². The molecule has 0 spiro atoms. The van der Waals surface area contributed by atoms with Gasteiger partial charge in [-0.1, -0.05) is 12.8 Å². The van der Waals surface area contributed by atoms with Crippen molar-refractivity contribution in [1.82, 2.24) is 9.78 Å². The van der Waals surface area contributed by atoms with Gasteiger partial charge in [0.25, 0.3) is 0 Å². The molecule has 16 heavy (non-hydrogen) atoms. The van der Waals surface area contributed by atoms with Gasteiger partial charge in [-0.3, -0.25) is 4.68 Å². The lowest BCUT2D eigenvalue weighted by Gasteiger charge is -2.09. The van der Waals surface area contributed by atoms with Gasteiger partial charge in [0, 0.05) is 18.7 Å². The van der Waals surface area contributed by atoms with Crippen molar-refractivity contribution in [3.63, 3.8) is 0 Å². The Morgan fingerprint density at radius 1 is 1.31 bits per heavy atom. The first-order valence-electron chi connectivity index (χ1n) is 6.27. The number of anilines is 1. The molecule has 0 aromatic carbocycles. The van der Waals surface area contributed by atoms with Crippen molar-refractivity contribution in [1.29, 1.82) is 0 Å². The summed E-state index contributed by atoms with van der Waals surface area (Å²) in [5, 5.41) is 4.69. The van der Waals surface area contributed by atoms with Crippen LogP contribution in [0.25, 0.3) is 0 Å². The van der Waals surface area contributed by atoms with Gasteiger partial charge in [-0.05, 0) is 19.3 Å². The first-order valence-corrected chi connectivity index (χ1v) is 6.27. The predicted octanol–water partition coefficient (Wildman–Crippen LogP) is 2.08. The van der Waals surface area contributed by atoms with Gasteiger partial charge in [-0.25, -0.2) is 0 Å². The van der Waals surface area contributed by atoms with E-state index in [4.69, 9.17) is 10.5 Å². The minimum atomic E-state index is 0.419. The molecule has 2 fully saturated rings. The molecule has 1 saturated heterocycles. The Morgan fingerprint density at radius 3 is 2.81 bits per heavy atom. The lowest BCUT2D eigenvalue weighted by atomic mass is 10.0. The zero-order chi connectivity index (χ0) is 11.0. The van der Waals surface area contributed by atoms with Gasteiger partial charge in [0.15, 0.2) is 0 Å². The number of nitrogen functional groups attached to an aromatic ring is 1. The molecule has 2 N–H and O–H groups in total. The number of ether oxygens (including phenoxy) is 1. The molecular formula is C12H19N3O. The molecule has 4 nitrogen and oxygen atoms in total. The van der Waals surface area contributed by atoms with Crippen molar-refractivity contribution in [3.05, 3.63) is 11.9 Å². The van der Waals surface area contributed by atoms with E-state index >= 15 is 0 Å². The zero-order valence-electron chi connectivity index (χ0n) is 9.56. The summed E-state index contributed by atoms with van der Waals surface area (Å²) in [5.74, 6) is 0.419. The molecule has 1 aliphatic carbocycles. The molecule has 1 saturated carbocycles. The summed E-state index contributed by atoms with van der Waals surface area (Å²) in [6, 6.07) is 0.582. The maximum Gasteiger partial charge on any atom is 0.0908 e. The Bertz CT molecular complexity index is 362. The Balaban J connectivity index is 1.83. The highest BCUT2D eigenvalue weighted by Gasteiger charge is 2.25. The highest BCUT2D eigenvalue weighted by molar-refractivity contribution is 5.43. The second-order valence-electron chi connectivity index (χ2n) is 4.95. The van der Waals surface area contributed by atoms with E-state index in [0.29, 0.717) is 12.0 Å². The number of hydrogen-bond acceptors (Lipinski definition) is 3. The molecule has 2 heterocycles. The molecule has 0 bridgehead atoms. The van der Waals surface area contributed by atoms with Crippen LogP contribution in [-0.2, 0) is 4.74 Å². The van der Waals surface area contributed by atoms with Crippen LogP contribution < -0.4 is 5.73 Å². The molecule has 88 valence electrons. The highest BCUT2D eigenvalue weighted by Crippen LogP contribution is 2.33. The van der Waals surface area contributed by atoms with Gasteiger partial charge < -0.3 is 10.5 Å². The van der Waals surface area contributed by atoms with Gasteiger partial charge in [0.2, 0.25) is 0 Å². The summed E-state index contributed by atoms with van der Waals surface area (Å²) in [5.41, 5.74) is 7.96. The lowest BCUT2D eigenvalue weighted by Crippen LogP contribution is -2.07. The molecule has 0 amide bonds. The van der Waals surface area contributed by atoms with E-state index in [1.54, 1.807) is 0 Å². The molecule has 4 heteroatoms. The number of rotatable bonds is 2. The van der Waals surface area contributed by atoms with Crippen molar-refractivity contribution in [2.24, 2.45) is 0 Å². The SMILES string of the molecule is Nc1cn(C2CCCC2)nc1C1CCOC1. The predicted molar refractivity (Wildman–Crippen MR) is 62.3 cm³/mol. The summed E-state index contributed by atoms with van der Waals surface area (Å²) < 4.78 is 7.49. The maximum atomic E-state index is 6.05. The third-order valence-electron chi connectivity index (χ3n) is 3.81. The van der Waals surface area contributed by atoms with Crippen molar-refractivity contribution < 1.29 is 4.74 Å². The van der Waals surface area contributed by atoms with Crippen LogP contribution in [0.5, 0.6) is 0 Å². The summed E-state index contributed by atoms with van der Waals surface area (Å²) in [4.78, 5) is 0. The molecule has 1 atom stereocenters. The summed E-state index contributed by atoms with van der Waals surface area (Å²) in [7, 11) is 0. The quantitative estimate of drug-likeness (QED) is 0.832. The average Bonchev–Trinajstić information content (AvgIpc) is 2.97. The fourth-order valence-corrected chi connectivity index (χ4v) is 2.84. The van der Waals surface area contributed by atoms with Crippen LogP contribution in [0.2, 0.25) is 0 Å². The fraction of sp³-hybridized carbons (Fsp3) is 0.750. The van der Waals surface area contributed by atoms with Gasteiger partial charge in [0.05, 0.1) is 24.0 Å². The smallest absolute Gasteiger partial charge is 0.0908 e. The van der Waals surface area contributed by atoms with E-state index in [1.807, 2.05) is 6.20 Å². The number of nitrogens with zero attached hydrogens (tertiary/aromatic N) is 2. The molecule has 1 aliphatic heterocycles. The topological polar surface area (TPSA) is 53.1 Å². The number of nitrogens with two attached hydrogens (primary N) is 1. The average molecular weight is 221 g/mol. The normalized spacial score (nSPS) is 26.6. The second-order valence-corrected chi connectivity index (χ2v) is 4.95. The largest absolute Gasteiger partial charge is 0.396 e. The van der Waals surface area contributed by atoms with Crippen LogP contribution in [0.4, 0.5) is 5.69 Å². The Morgan fingerprint density at radius 2 is 2.12 bits per heavy atom. The van der Waals surface area contributed by atoms with Crippen LogP contribution in [0.3, 0.4) is 0 Å². The highest BCUT2D eigenvalue weighted by atomic mass is 16.5. The molecule has 2 aliphatic rings. The van der Waals surface area contributed by atoms with Gasteiger partial charge in [-0.2, -0.15) is 5.10 Å². The second kappa shape index (κ2) is 4.09. The molecule has 1 unspecified atom stereocenters. The van der Waals surface area contributed by atoms with Crippen molar-refractivity contribution in [3.8, 4) is 0 Å². The maximum absolute atomic E-state index is 6.05. The number of aromatic nitrogens is 2. The van der Waals surface area contributed by atoms with E-state index in [9.17, 15) is 0 Å². The fourth-order valence-electron chi connectivity index (χ4n) is 2.84. The van der Waals surface area contributed by atoms with Gasteiger partial charge >= 0.3 is 0 Å². The van der Waals surface area contributed by atoms with Crippen molar-refractivity contribution in [2.45, 2.75) is 44.1 Å². The third-order valence-corrected chi connectivity index (χ3v) is 3.81. The standard InChI is InChI=1S/C12H19N3O/c13-11-7-15(10-3-1-2-4-10)14-12(11)9-5-6-16-8-9/h7,9-10H,1-6,8,13H2. The van der Waals surface area contributed by atoms with Crippen LogP contribution in [0.1, 0.15) is 49.8 Å². The van der Waals surface area contributed by atoms with E-state index in [0.717, 1.165) is 31.0 Å². The van der Waals surface area contributed by atoms with Crippen LogP contribution >= 0.6 is 0 Å². The van der Waals surface area contributed by atoms with E-state index in [-0.39, 0.29) is 0 Å². The summed E-state index contributed by atoms with van der Waals surface area (Å²) in [6.45, 7) is 1.63. The van der Waals surface area contributed by atoms with Crippen LogP contribution in [-0.4, -0.2) is 23.0 Å². The monoisotopic (exact) mass is 221 g/mol. The van der Waals surface area contributed by atoms with Gasteiger partial charge in [-0.15, -0.1) is 0 Å². The Kier molecular flexibility index (Phi) is 2.59. The zero-order valence-corrected chi connectivity index (χ0v) is 9.56. The van der Waals surface area contributed by atoms with E-state index in [1.165, 1.54) is 25.7 Å².